The first-order valence-corrected chi connectivity index (χ1v) is 4.43. The molecule has 0 spiro atoms. The quantitative estimate of drug-likeness (QED) is 0.430. The van der Waals surface area contributed by atoms with Gasteiger partial charge in [0.1, 0.15) is 0 Å². The summed E-state index contributed by atoms with van der Waals surface area (Å²) in [6, 6.07) is 8.04. The normalized spacial score (nSPS) is 12.5. The summed E-state index contributed by atoms with van der Waals surface area (Å²) in [5.41, 5.74) is 0.395. The topological polar surface area (TPSA) is 43.4 Å². The summed E-state index contributed by atoms with van der Waals surface area (Å²) in [6.07, 6.45) is 0. The average Bonchev–Trinajstić information content (AvgIpc) is 2.36. The van der Waals surface area contributed by atoms with Crippen LogP contribution in [0.2, 0.25) is 0 Å². The second-order valence-corrected chi connectivity index (χ2v) is 2.94. The Labute approximate surface area is 89.8 Å². The van der Waals surface area contributed by atoms with E-state index < -0.39 is 11.8 Å². The van der Waals surface area contributed by atoms with E-state index in [-0.39, 0.29) is 11.6 Å². The summed E-state index contributed by atoms with van der Waals surface area (Å²) in [7, 11) is 1.21. The van der Waals surface area contributed by atoms with Gasteiger partial charge in [0, 0.05) is 11.1 Å². The molecule has 1 rings (SSSR count). The SMILES string of the molecule is [2H]/C(C(=O)c1ccccc1)=C(\C)C(=O)OC. The molecule has 0 radical (unpaired) electrons. The molecule has 78 valence electrons. The monoisotopic (exact) mass is 205 g/mol. The molecule has 0 fully saturated rings. The Balaban J connectivity index is 3.03. The first-order valence-electron chi connectivity index (χ1n) is 4.93. The Morgan fingerprint density at radius 2 is 1.93 bits per heavy atom. The molecule has 0 aromatic heterocycles. The summed E-state index contributed by atoms with van der Waals surface area (Å²) in [5.74, 6) is -1.14. The van der Waals surface area contributed by atoms with Gasteiger partial charge in [-0.25, -0.2) is 4.79 Å². The first-order chi connectivity index (χ1) is 7.57. The minimum Gasteiger partial charge on any atom is -0.466 e. The van der Waals surface area contributed by atoms with E-state index in [2.05, 4.69) is 4.74 Å². The molecule has 0 aliphatic rings. The van der Waals surface area contributed by atoms with Crippen molar-refractivity contribution < 1.29 is 15.7 Å². The maximum Gasteiger partial charge on any atom is 0.333 e. The van der Waals surface area contributed by atoms with E-state index in [1.165, 1.54) is 14.0 Å². The largest absolute Gasteiger partial charge is 0.466 e. The van der Waals surface area contributed by atoms with Crippen LogP contribution in [0.5, 0.6) is 0 Å². The van der Waals surface area contributed by atoms with Crippen molar-refractivity contribution in [3.05, 3.63) is 47.5 Å². The molecule has 0 amide bonds. The summed E-state index contributed by atoms with van der Waals surface area (Å²) in [6.45, 7) is 1.40. The van der Waals surface area contributed by atoms with Crippen molar-refractivity contribution in [2.24, 2.45) is 0 Å². The number of methoxy groups -OCH3 is 1. The molecule has 0 aliphatic carbocycles. The van der Waals surface area contributed by atoms with Crippen LogP contribution in [0.15, 0.2) is 42.0 Å². The Bertz CT molecular complexity index is 435. The van der Waals surface area contributed by atoms with Gasteiger partial charge in [0.2, 0.25) is 0 Å². The van der Waals surface area contributed by atoms with Crippen LogP contribution in [0.1, 0.15) is 18.7 Å². The van der Waals surface area contributed by atoms with E-state index in [0.29, 0.717) is 5.56 Å². The lowest BCUT2D eigenvalue weighted by Crippen LogP contribution is -2.04. The van der Waals surface area contributed by atoms with Gasteiger partial charge in [-0.1, -0.05) is 30.3 Å². The number of ether oxygens (including phenoxy) is 1. The van der Waals surface area contributed by atoms with Crippen LogP contribution in [-0.2, 0) is 9.53 Å². The lowest BCUT2D eigenvalue weighted by Gasteiger charge is -1.98. The molecule has 0 unspecified atom stereocenters. The Morgan fingerprint density at radius 1 is 1.33 bits per heavy atom. The van der Waals surface area contributed by atoms with Crippen LogP contribution in [0.25, 0.3) is 0 Å². The number of benzene rings is 1. The predicted molar refractivity (Wildman–Crippen MR) is 56.5 cm³/mol. The number of hydrogen-bond donors (Lipinski definition) is 0. The minimum atomic E-state index is -0.658. The van der Waals surface area contributed by atoms with Gasteiger partial charge in [0.15, 0.2) is 5.78 Å². The molecular formula is C12H12O3. The van der Waals surface area contributed by atoms with Crippen molar-refractivity contribution in [1.29, 1.82) is 0 Å². The van der Waals surface area contributed by atoms with Crippen molar-refractivity contribution in [2.45, 2.75) is 6.92 Å². The zero-order valence-electron chi connectivity index (χ0n) is 9.61. The molecule has 0 atom stereocenters. The standard InChI is InChI=1S/C12H12O3/c1-9(12(14)15-2)8-11(13)10-6-4-3-5-7-10/h3-8H,1-2H3/b9-8-/i8D. The lowest BCUT2D eigenvalue weighted by atomic mass is 10.1. The number of rotatable bonds is 3. The fourth-order valence-corrected chi connectivity index (χ4v) is 1.04. The van der Waals surface area contributed by atoms with Crippen molar-refractivity contribution in [3.8, 4) is 0 Å². The second-order valence-electron chi connectivity index (χ2n) is 2.94. The van der Waals surface area contributed by atoms with Gasteiger partial charge in [0.05, 0.1) is 8.48 Å². The minimum absolute atomic E-state index is 0.0105. The highest BCUT2D eigenvalue weighted by atomic mass is 16.5. The number of ketones is 1. The number of hydrogen-bond acceptors (Lipinski definition) is 3. The third-order valence-corrected chi connectivity index (χ3v) is 1.83. The Kier molecular flexibility index (Phi) is 3.28. The molecule has 0 aliphatic heterocycles. The van der Waals surface area contributed by atoms with Gasteiger partial charge in [0.25, 0.3) is 0 Å². The van der Waals surface area contributed by atoms with Crippen LogP contribution in [0.3, 0.4) is 0 Å². The van der Waals surface area contributed by atoms with E-state index in [1.54, 1.807) is 30.3 Å². The van der Waals surface area contributed by atoms with Gasteiger partial charge in [-0.3, -0.25) is 4.79 Å². The third kappa shape index (κ3) is 3.06. The second kappa shape index (κ2) is 5.10. The highest BCUT2D eigenvalue weighted by molar-refractivity contribution is 6.08. The Morgan fingerprint density at radius 3 is 2.47 bits per heavy atom. The molecule has 1 aromatic carbocycles. The highest BCUT2D eigenvalue weighted by Gasteiger charge is 2.07. The molecule has 3 heteroatoms. The summed E-state index contributed by atoms with van der Waals surface area (Å²) >= 11 is 0. The van der Waals surface area contributed by atoms with Crippen molar-refractivity contribution in [2.75, 3.05) is 7.11 Å². The maximum absolute atomic E-state index is 11.8. The molecule has 15 heavy (non-hydrogen) atoms. The van der Waals surface area contributed by atoms with E-state index in [9.17, 15) is 9.59 Å². The number of carbonyl (C=O) groups excluding carboxylic acids is 2. The van der Waals surface area contributed by atoms with E-state index in [0.717, 1.165) is 0 Å². The van der Waals surface area contributed by atoms with Gasteiger partial charge >= 0.3 is 5.97 Å². The predicted octanol–water partition coefficient (Wildman–Crippen LogP) is 1.99. The summed E-state index contributed by atoms with van der Waals surface area (Å²) in [5, 5.41) is 0. The van der Waals surface area contributed by atoms with Gasteiger partial charge in [-0.15, -0.1) is 0 Å². The molecule has 3 nitrogen and oxygen atoms in total. The van der Waals surface area contributed by atoms with Crippen LogP contribution < -0.4 is 0 Å². The molecular weight excluding hydrogens is 192 g/mol. The zero-order valence-corrected chi connectivity index (χ0v) is 8.61. The third-order valence-electron chi connectivity index (χ3n) is 1.83. The highest BCUT2D eigenvalue weighted by Crippen LogP contribution is 2.04. The summed E-state index contributed by atoms with van der Waals surface area (Å²) in [4.78, 5) is 22.9. The average molecular weight is 205 g/mol. The van der Waals surface area contributed by atoms with E-state index in [1.807, 2.05) is 0 Å². The fraction of sp³-hybridized carbons (Fsp3) is 0.167. The van der Waals surface area contributed by atoms with E-state index >= 15 is 0 Å². The number of esters is 1. The molecule has 0 saturated heterocycles. The zero-order chi connectivity index (χ0) is 12.1. The summed E-state index contributed by atoms with van der Waals surface area (Å²) < 4.78 is 12.0. The molecule has 0 N–H and O–H groups in total. The smallest absolute Gasteiger partial charge is 0.333 e. The van der Waals surface area contributed by atoms with Crippen LogP contribution in [0.4, 0.5) is 0 Å². The van der Waals surface area contributed by atoms with Crippen molar-refractivity contribution in [3.63, 3.8) is 0 Å². The molecule has 1 aromatic rings. The van der Waals surface area contributed by atoms with Crippen LogP contribution in [0, 0.1) is 0 Å². The fourth-order valence-electron chi connectivity index (χ4n) is 1.04. The maximum atomic E-state index is 11.8. The number of allylic oxidation sites excluding steroid dienone is 1. The van der Waals surface area contributed by atoms with Gasteiger partial charge in [-0.05, 0) is 13.0 Å². The number of carbonyl (C=O) groups is 2. The first kappa shape index (κ1) is 9.65. The van der Waals surface area contributed by atoms with E-state index in [4.69, 9.17) is 1.37 Å². The van der Waals surface area contributed by atoms with Crippen LogP contribution >= 0.6 is 0 Å². The molecule has 0 saturated carbocycles. The van der Waals surface area contributed by atoms with Gasteiger partial charge in [-0.2, -0.15) is 0 Å². The lowest BCUT2D eigenvalue weighted by molar-refractivity contribution is -0.136. The van der Waals surface area contributed by atoms with Crippen LogP contribution in [-0.4, -0.2) is 18.9 Å². The Hall–Kier alpha value is -1.90. The van der Waals surface area contributed by atoms with Crippen molar-refractivity contribution >= 4 is 11.8 Å². The molecule has 0 heterocycles. The van der Waals surface area contributed by atoms with Crippen molar-refractivity contribution in [1.82, 2.24) is 0 Å². The van der Waals surface area contributed by atoms with Gasteiger partial charge < -0.3 is 4.74 Å². The molecule has 0 bridgehead atoms.